The maximum absolute atomic E-state index is 12.6. The van der Waals surface area contributed by atoms with Gasteiger partial charge in [0, 0.05) is 6.07 Å². The third-order valence-electron chi connectivity index (χ3n) is 4.26. The highest BCUT2D eigenvalue weighted by atomic mass is 16.3. The Bertz CT molecular complexity index is 730. The quantitative estimate of drug-likeness (QED) is 0.514. The van der Waals surface area contributed by atoms with Crippen molar-refractivity contribution in [3.8, 4) is 11.3 Å². The normalized spacial score (nSPS) is 13.0. The number of carbonyl (C=O) groups excluding carboxylic acids is 2. The minimum Gasteiger partial charge on any atom is -0.383 e. The van der Waals surface area contributed by atoms with Gasteiger partial charge in [-0.2, -0.15) is 5.10 Å². The molecule has 146 valence electrons. The van der Waals surface area contributed by atoms with E-state index in [1.807, 2.05) is 44.2 Å². The number of rotatable bonds is 10. The van der Waals surface area contributed by atoms with Gasteiger partial charge in [-0.15, -0.1) is 0 Å². The number of nitrogens with zero attached hydrogens (tertiary/aromatic N) is 1. The van der Waals surface area contributed by atoms with Gasteiger partial charge in [-0.25, -0.2) is 0 Å². The Morgan fingerprint density at radius 1 is 1.11 bits per heavy atom. The zero-order valence-electron chi connectivity index (χ0n) is 15.9. The fourth-order valence-electron chi connectivity index (χ4n) is 2.72. The van der Waals surface area contributed by atoms with Gasteiger partial charge in [0.05, 0.1) is 5.69 Å². The Labute approximate surface area is 159 Å². The highest BCUT2D eigenvalue weighted by molar-refractivity contribution is 5.97. The molecule has 2 unspecified atom stereocenters. The summed E-state index contributed by atoms with van der Waals surface area (Å²) in [5.74, 6) is -0.469. The maximum atomic E-state index is 12.6. The molecule has 1 aromatic heterocycles. The second-order valence-corrected chi connectivity index (χ2v) is 6.53. The number of aromatic amines is 1. The largest absolute Gasteiger partial charge is 0.383 e. The molecule has 0 bridgehead atoms. The molecule has 1 aromatic carbocycles. The smallest absolute Gasteiger partial charge is 0.249 e. The van der Waals surface area contributed by atoms with Crippen LogP contribution in [0.2, 0.25) is 0 Å². The lowest BCUT2D eigenvalue weighted by atomic mass is 10.1. The van der Waals surface area contributed by atoms with Crippen LogP contribution in [0, 0.1) is 0 Å². The Balaban J connectivity index is 1.98. The average Bonchev–Trinajstić information content (AvgIpc) is 3.14. The zero-order valence-corrected chi connectivity index (χ0v) is 15.9. The molecule has 0 saturated carbocycles. The molecular formula is C20H28N4O3. The monoisotopic (exact) mass is 372 g/mol. The van der Waals surface area contributed by atoms with Crippen LogP contribution >= 0.6 is 0 Å². The first kappa shape index (κ1) is 20.6. The molecule has 0 radical (unpaired) electrons. The summed E-state index contributed by atoms with van der Waals surface area (Å²) in [6.45, 7) is 3.92. The van der Waals surface area contributed by atoms with Gasteiger partial charge < -0.3 is 15.7 Å². The first-order valence-corrected chi connectivity index (χ1v) is 9.45. The number of hydrogen-bond acceptors (Lipinski definition) is 4. The summed E-state index contributed by atoms with van der Waals surface area (Å²) in [4.78, 5) is 24.7. The molecule has 0 aliphatic heterocycles. The van der Waals surface area contributed by atoms with Gasteiger partial charge >= 0.3 is 0 Å². The van der Waals surface area contributed by atoms with Crippen molar-refractivity contribution < 1.29 is 14.7 Å². The molecule has 1 heterocycles. The number of nitrogens with one attached hydrogen (secondary N) is 3. The molecule has 2 aromatic rings. The number of aromatic nitrogens is 2. The third kappa shape index (κ3) is 6.21. The molecule has 7 heteroatoms. The molecule has 27 heavy (non-hydrogen) atoms. The van der Waals surface area contributed by atoms with E-state index in [2.05, 4.69) is 20.8 Å². The minimum absolute atomic E-state index is 0.348. The summed E-state index contributed by atoms with van der Waals surface area (Å²) in [6, 6.07) is 10.7. The van der Waals surface area contributed by atoms with Crippen LogP contribution in [0.25, 0.3) is 11.3 Å². The zero-order chi connectivity index (χ0) is 19.6. The van der Waals surface area contributed by atoms with E-state index in [0.717, 1.165) is 30.5 Å². The Morgan fingerprint density at radius 3 is 2.52 bits per heavy atom. The van der Waals surface area contributed by atoms with Crippen molar-refractivity contribution in [1.29, 1.82) is 0 Å². The summed E-state index contributed by atoms with van der Waals surface area (Å²) in [6.07, 6.45) is 2.16. The molecule has 0 aliphatic carbocycles. The van der Waals surface area contributed by atoms with Crippen LogP contribution in [-0.2, 0) is 9.59 Å². The fourth-order valence-corrected chi connectivity index (χ4v) is 2.72. The van der Waals surface area contributed by atoms with Gasteiger partial charge in [0.25, 0.3) is 0 Å². The lowest BCUT2D eigenvalue weighted by Crippen LogP contribution is -2.47. The van der Waals surface area contributed by atoms with Crippen LogP contribution in [0.3, 0.4) is 0 Å². The van der Waals surface area contributed by atoms with Gasteiger partial charge in [-0.05, 0) is 18.4 Å². The van der Waals surface area contributed by atoms with E-state index in [0.29, 0.717) is 18.7 Å². The highest BCUT2D eigenvalue weighted by Crippen LogP contribution is 2.19. The summed E-state index contributed by atoms with van der Waals surface area (Å²) < 4.78 is 0. The third-order valence-corrected chi connectivity index (χ3v) is 4.26. The van der Waals surface area contributed by atoms with Gasteiger partial charge in [0.1, 0.15) is 12.1 Å². The van der Waals surface area contributed by atoms with Gasteiger partial charge in [0.15, 0.2) is 5.82 Å². The maximum Gasteiger partial charge on any atom is 0.249 e. The van der Waals surface area contributed by atoms with Crippen LogP contribution in [-0.4, -0.2) is 39.3 Å². The summed E-state index contributed by atoms with van der Waals surface area (Å²) in [5, 5.41) is 22.3. The highest BCUT2D eigenvalue weighted by Gasteiger charge is 2.24. The van der Waals surface area contributed by atoms with Crippen molar-refractivity contribution in [2.75, 3.05) is 5.32 Å². The van der Waals surface area contributed by atoms with E-state index in [1.165, 1.54) is 0 Å². The number of H-pyrrole nitrogens is 1. The second kappa shape index (κ2) is 10.5. The van der Waals surface area contributed by atoms with E-state index in [-0.39, 0.29) is 5.91 Å². The van der Waals surface area contributed by atoms with Crippen LogP contribution in [0.4, 0.5) is 5.82 Å². The van der Waals surface area contributed by atoms with Crippen molar-refractivity contribution in [2.24, 2.45) is 0 Å². The molecule has 0 spiro atoms. The molecule has 2 rings (SSSR count). The van der Waals surface area contributed by atoms with Crippen molar-refractivity contribution in [2.45, 2.75) is 58.1 Å². The van der Waals surface area contributed by atoms with E-state index in [1.54, 1.807) is 6.07 Å². The Hall–Kier alpha value is -2.67. The van der Waals surface area contributed by atoms with E-state index < -0.39 is 18.1 Å². The van der Waals surface area contributed by atoms with E-state index >= 15 is 0 Å². The number of hydrogen-bond donors (Lipinski definition) is 4. The standard InChI is InChI=1S/C20H28N4O3/c1-3-5-12-17(25)20(27)21-15(9-4-2)19(26)22-18-13-16(23-24-18)14-10-7-6-8-11-14/h6-8,10-11,13,15,17,25H,3-5,9,12H2,1-2H3,(H,21,27)(H2,22,23,24,26). The van der Waals surface area contributed by atoms with E-state index in [4.69, 9.17) is 0 Å². The number of amides is 2. The fraction of sp³-hybridized carbons (Fsp3) is 0.450. The lowest BCUT2D eigenvalue weighted by molar-refractivity contribution is -0.133. The lowest BCUT2D eigenvalue weighted by Gasteiger charge is -2.19. The minimum atomic E-state index is -1.09. The Kier molecular flexibility index (Phi) is 8.00. The number of benzene rings is 1. The summed E-state index contributed by atoms with van der Waals surface area (Å²) in [7, 11) is 0. The number of aliphatic hydroxyl groups excluding tert-OH is 1. The van der Waals surface area contributed by atoms with E-state index in [9.17, 15) is 14.7 Å². The molecule has 7 nitrogen and oxygen atoms in total. The van der Waals surface area contributed by atoms with Gasteiger partial charge in [-0.3, -0.25) is 14.7 Å². The average molecular weight is 372 g/mol. The van der Waals surface area contributed by atoms with Gasteiger partial charge in [0.2, 0.25) is 11.8 Å². The number of anilines is 1. The molecular weight excluding hydrogens is 344 g/mol. The van der Waals surface area contributed by atoms with Crippen LogP contribution in [0.1, 0.15) is 46.0 Å². The summed E-state index contributed by atoms with van der Waals surface area (Å²) >= 11 is 0. The Morgan fingerprint density at radius 2 is 1.85 bits per heavy atom. The molecule has 0 fully saturated rings. The van der Waals surface area contributed by atoms with Crippen LogP contribution in [0.15, 0.2) is 36.4 Å². The molecule has 0 aliphatic rings. The van der Waals surface area contributed by atoms with Crippen LogP contribution in [0.5, 0.6) is 0 Å². The number of unbranched alkanes of at least 4 members (excludes halogenated alkanes) is 1. The van der Waals surface area contributed by atoms with Crippen LogP contribution < -0.4 is 10.6 Å². The van der Waals surface area contributed by atoms with Crippen molar-refractivity contribution in [3.63, 3.8) is 0 Å². The van der Waals surface area contributed by atoms with Gasteiger partial charge in [-0.1, -0.05) is 63.4 Å². The predicted molar refractivity (Wildman–Crippen MR) is 105 cm³/mol. The van der Waals surface area contributed by atoms with Crippen molar-refractivity contribution in [1.82, 2.24) is 15.5 Å². The van der Waals surface area contributed by atoms with Crippen molar-refractivity contribution >= 4 is 17.6 Å². The number of carbonyl (C=O) groups is 2. The molecule has 4 N–H and O–H groups in total. The summed E-state index contributed by atoms with van der Waals surface area (Å²) in [5.41, 5.74) is 1.75. The predicted octanol–water partition coefficient (Wildman–Crippen LogP) is 2.85. The molecule has 0 saturated heterocycles. The first-order chi connectivity index (χ1) is 13.0. The molecule has 2 amide bonds. The SMILES string of the molecule is CCCCC(O)C(=O)NC(CCC)C(=O)Nc1cc(-c2ccccc2)[nH]n1. The molecule has 2 atom stereocenters. The van der Waals surface area contributed by atoms with Crippen molar-refractivity contribution in [3.05, 3.63) is 36.4 Å². The topological polar surface area (TPSA) is 107 Å². The second-order valence-electron chi connectivity index (χ2n) is 6.53. The first-order valence-electron chi connectivity index (χ1n) is 9.45. The number of aliphatic hydroxyl groups is 1.